The van der Waals surface area contributed by atoms with Crippen LogP contribution in [0, 0.1) is 11.8 Å². The van der Waals surface area contributed by atoms with E-state index in [4.69, 9.17) is 24.3 Å². The highest BCUT2D eigenvalue weighted by Crippen LogP contribution is 2.43. The van der Waals surface area contributed by atoms with Gasteiger partial charge < -0.3 is 20.1 Å². The molecule has 0 bridgehead atoms. The zero-order chi connectivity index (χ0) is 40.7. The van der Waals surface area contributed by atoms with E-state index in [-0.39, 0.29) is 43.5 Å². The van der Waals surface area contributed by atoms with Crippen LogP contribution in [0.15, 0.2) is 0 Å². The highest BCUT2D eigenvalue weighted by molar-refractivity contribution is 7.47. The van der Waals surface area contributed by atoms with E-state index in [2.05, 4.69) is 27.7 Å². The fraction of sp³-hybridized carbons (Fsp3) is 0.956. The van der Waals surface area contributed by atoms with Gasteiger partial charge in [-0.2, -0.15) is 0 Å². The molecule has 0 spiro atoms. The molecule has 0 aliphatic carbocycles. The van der Waals surface area contributed by atoms with Gasteiger partial charge in [-0.1, -0.05) is 207 Å². The molecular weight excluding hydrogens is 713 g/mol. The molecule has 0 saturated heterocycles. The van der Waals surface area contributed by atoms with Crippen LogP contribution in [0.25, 0.3) is 0 Å². The summed E-state index contributed by atoms with van der Waals surface area (Å²) in [5.74, 6) is -1.13. The molecule has 55 heavy (non-hydrogen) atoms. The second kappa shape index (κ2) is 39.8. The van der Waals surface area contributed by atoms with Crippen LogP contribution in [-0.4, -0.2) is 49.3 Å². The number of nitrogens with two attached hydrogens (primary N) is 1. The van der Waals surface area contributed by atoms with Crippen LogP contribution in [0.2, 0.25) is 0 Å². The van der Waals surface area contributed by atoms with Crippen molar-refractivity contribution in [3.8, 4) is 0 Å². The van der Waals surface area contributed by atoms with Gasteiger partial charge in [0.1, 0.15) is 6.61 Å². The van der Waals surface area contributed by atoms with Crippen LogP contribution in [0.3, 0.4) is 0 Å². The largest absolute Gasteiger partial charge is 0.472 e. The van der Waals surface area contributed by atoms with Gasteiger partial charge >= 0.3 is 19.8 Å². The third-order valence-electron chi connectivity index (χ3n) is 10.8. The van der Waals surface area contributed by atoms with Crippen molar-refractivity contribution in [2.24, 2.45) is 17.6 Å². The summed E-state index contributed by atoms with van der Waals surface area (Å²) < 4.78 is 34.6. The van der Waals surface area contributed by atoms with Crippen LogP contribution in [0.4, 0.5) is 0 Å². The molecule has 0 aliphatic rings. The minimum atomic E-state index is -4.43. The minimum absolute atomic E-state index is 0.0572. The summed E-state index contributed by atoms with van der Waals surface area (Å²) in [4.78, 5) is 37.6. The smallest absolute Gasteiger partial charge is 0.461 e. The Bertz CT molecular complexity index is 870. The van der Waals surface area contributed by atoms with E-state index >= 15 is 0 Å². The molecule has 0 aromatic carbocycles. The summed E-state index contributed by atoms with van der Waals surface area (Å²) in [6.45, 7) is 8.15. The lowest BCUT2D eigenvalue weighted by atomic mass is 9.94. The van der Waals surface area contributed by atoms with E-state index in [1.165, 1.54) is 128 Å². The van der Waals surface area contributed by atoms with E-state index in [1.54, 1.807) is 0 Å². The van der Waals surface area contributed by atoms with E-state index in [1.807, 2.05) is 0 Å². The minimum Gasteiger partial charge on any atom is -0.461 e. The average Bonchev–Trinajstić information content (AvgIpc) is 3.17. The second-order valence-corrected chi connectivity index (χ2v) is 17.6. The molecule has 0 aromatic heterocycles. The number of esters is 2. The molecule has 0 amide bonds. The van der Waals surface area contributed by atoms with Crippen molar-refractivity contribution < 1.29 is 37.6 Å². The Morgan fingerprint density at radius 1 is 0.491 bits per heavy atom. The molecule has 0 aliphatic heterocycles. The molecule has 2 atom stereocenters. The monoisotopic (exact) mass is 804 g/mol. The lowest BCUT2D eigenvalue weighted by Crippen LogP contribution is -2.33. The van der Waals surface area contributed by atoms with Gasteiger partial charge in [0.25, 0.3) is 0 Å². The maximum absolute atomic E-state index is 13.8. The third kappa shape index (κ3) is 34.7. The first-order chi connectivity index (χ1) is 26.7. The number of ether oxygens (including phenoxy) is 2. The number of carbonyl (C=O) groups excluding carboxylic acids is 2. The number of phosphoric ester groups is 1. The van der Waals surface area contributed by atoms with Gasteiger partial charge in [0.2, 0.25) is 0 Å². The van der Waals surface area contributed by atoms with Crippen LogP contribution in [0.5, 0.6) is 0 Å². The Morgan fingerprint density at radius 2 is 0.818 bits per heavy atom. The SMILES string of the molecule is CCCCCCCCCC(CCCCCCCCC)C(=O)OCC(COP(=O)(O)OCCN)OC(=O)C(CCCCCCCCC)CCCCCCCCC. The van der Waals surface area contributed by atoms with Crippen molar-refractivity contribution in [2.75, 3.05) is 26.4 Å². The summed E-state index contributed by atoms with van der Waals surface area (Å²) in [6, 6.07) is 0. The van der Waals surface area contributed by atoms with Gasteiger partial charge in [0.05, 0.1) is 25.0 Å². The number of unbranched alkanes of at least 4 members (excludes halogenated alkanes) is 24. The predicted molar refractivity (Wildman–Crippen MR) is 229 cm³/mol. The van der Waals surface area contributed by atoms with E-state index < -0.39 is 20.5 Å². The zero-order valence-corrected chi connectivity index (χ0v) is 37.4. The molecule has 0 radical (unpaired) electrons. The second-order valence-electron chi connectivity index (χ2n) is 16.1. The maximum atomic E-state index is 13.8. The molecule has 0 heterocycles. The normalized spacial score (nSPS) is 13.4. The fourth-order valence-electron chi connectivity index (χ4n) is 7.20. The first-order valence-electron chi connectivity index (χ1n) is 23.4. The lowest BCUT2D eigenvalue weighted by Gasteiger charge is -2.24. The Kier molecular flexibility index (Phi) is 39.1. The fourth-order valence-corrected chi connectivity index (χ4v) is 7.97. The topological polar surface area (TPSA) is 134 Å². The van der Waals surface area contributed by atoms with Crippen molar-refractivity contribution in [3.63, 3.8) is 0 Å². The standard InChI is InChI=1S/C45H90NO8P/c1-5-9-13-17-21-25-29-33-41(34-30-26-22-18-14-10-6-2)44(47)51-39-43(40-53-55(49,50)52-38-37-46)54-45(48)42(35-31-27-23-19-15-11-7-3)36-32-28-24-20-16-12-8-4/h41-43H,5-40,46H2,1-4H3,(H,49,50). The predicted octanol–water partition coefficient (Wildman–Crippen LogP) is 13.3. The molecule has 328 valence electrons. The average molecular weight is 804 g/mol. The van der Waals surface area contributed by atoms with E-state index in [0.717, 1.165) is 77.0 Å². The number of phosphoric acid groups is 1. The van der Waals surface area contributed by atoms with Crippen molar-refractivity contribution in [1.82, 2.24) is 0 Å². The molecule has 9 nitrogen and oxygen atoms in total. The summed E-state index contributed by atoms with van der Waals surface area (Å²) in [5.41, 5.74) is 5.46. The first kappa shape index (κ1) is 54.0. The summed E-state index contributed by atoms with van der Waals surface area (Å²) in [5, 5.41) is 0. The molecule has 0 aromatic rings. The summed E-state index contributed by atoms with van der Waals surface area (Å²) in [6.07, 6.45) is 34.8. The third-order valence-corrected chi connectivity index (χ3v) is 11.8. The number of carbonyl (C=O) groups is 2. The molecule has 3 N–H and O–H groups in total. The number of hydrogen-bond acceptors (Lipinski definition) is 8. The molecule has 2 unspecified atom stereocenters. The Balaban J connectivity index is 5.62. The molecule has 0 fully saturated rings. The Hall–Kier alpha value is -0.990. The molecule has 10 heteroatoms. The highest BCUT2D eigenvalue weighted by Gasteiger charge is 2.29. The highest BCUT2D eigenvalue weighted by atomic mass is 31.2. The summed E-state index contributed by atoms with van der Waals surface area (Å²) in [7, 11) is -4.43. The maximum Gasteiger partial charge on any atom is 0.472 e. The number of hydrogen-bond donors (Lipinski definition) is 2. The summed E-state index contributed by atoms with van der Waals surface area (Å²) >= 11 is 0. The first-order valence-corrected chi connectivity index (χ1v) is 24.9. The van der Waals surface area contributed by atoms with E-state index in [0.29, 0.717) is 0 Å². The molecule has 0 rings (SSSR count). The quantitative estimate of drug-likeness (QED) is 0.0351. The van der Waals surface area contributed by atoms with Gasteiger partial charge in [0, 0.05) is 6.54 Å². The Morgan fingerprint density at radius 3 is 1.16 bits per heavy atom. The van der Waals surface area contributed by atoms with Crippen molar-refractivity contribution in [2.45, 2.75) is 239 Å². The number of rotatable bonds is 43. The zero-order valence-electron chi connectivity index (χ0n) is 36.5. The van der Waals surface area contributed by atoms with Crippen molar-refractivity contribution >= 4 is 19.8 Å². The van der Waals surface area contributed by atoms with Crippen molar-refractivity contribution in [1.29, 1.82) is 0 Å². The van der Waals surface area contributed by atoms with Gasteiger partial charge in [-0.25, -0.2) is 4.57 Å². The van der Waals surface area contributed by atoms with Crippen LogP contribution in [-0.2, 0) is 32.7 Å². The van der Waals surface area contributed by atoms with E-state index in [9.17, 15) is 19.0 Å². The van der Waals surface area contributed by atoms with Gasteiger partial charge in [0.15, 0.2) is 6.10 Å². The Labute approximate surface area is 339 Å². The van der Waals surface area contributed by atoms with Crippen LogP contribution < -0.4 is 5.73 Å². The van der Waals surface area contributed by atoms with Gasteiger partial charge in [-0.05, 0) is 25.7 Å². The lowest BCUT2D eigenvalue weighted by molar-refractivity contribution is -0.167. The van der Waals surface area contributed by atoms with Gasteiger partial charge in [-0.3, -0.25) is 18.6 Å². The van der Waals surface area contributed by atoms with Gasteiger partial charge in [-0.15, -0.1) is 0 Å². The van der Waals surface area contributed by atoms with Crippen LogP contribution >= 0.6 is 7.82 Å². The van der Waals surface area contributed by atoms with Crippen molar-refractivity contribution in [3.05, 3.63) is 0 Å². The molecule has 0 saturated carbocycles. The van der Waals surface area contributed by atoms with Crippen LogP contribution in [0.1, 0.15) is 233 Å². The molecular formula is C45H90NO8P.